The summed E-state index contributed by atoms with van der Waals surface area (Å²) in [5, 5.41) is 0. The van der Waals surface area contributed by atoms with Crippen molar-refractivity contribution < 1.29 is 23.5 Å². The van der Waals surface area contributed by atoms with Gasteiger partial charge in [0.25, 0.3) is 0 Å². The van der Waals surface area contributed by atoms with Gasteiger partial charge in [-0.3, -0.25) is 4.79 Å². The Morgan fingerprint density at radius 3 is 2.42 bits per heavy atom. The van der Waals surface area contributed by atoms with Crippen molar-refractivity contribution in [3.63, 3.8) is 0 Å². The zero-order chi connectivity index (χ0) is 14.8. The molecule has 104 valence electrons. The number of esters is 1. The zero-order valence-corrected chi connectivity index (χ0v) is 11.1. The molecule has 0 saturated carbocycles. The first-order valence-electron chi connectivity index (χ1n) is 5.50. The van der Waals surface area contributed by atoms with Crippen LogP contribution in [0.1, 0.15) is 12.5 Å². The smallest absolute Gasteiger partial charge is 0.343 e. The lowest BCUT2D eigenvalue weighted by Gasteiger charge is -2.07. The Labute approximate surface area is 111 Å². The molecule has 0 radical (unpaired) electrons. The summed E-state index contributed by atoms with van der Waals surface area (Å²) in [7, 11) is 1.22. The number of carbonyl (C=O) groups excluding carboxylic acids is 2. The van der Waals surface area contributed by atoms with Crippen molar-refractivity contribution in [1.82, 2.24) is 0 Å². The van der Waals surface area contributed by atoms with Crippen molar-refractivity contribution in [2.24, 2.45) is 0 Å². The fourth-order valence-corrected chi connectivity index (χ4v) is 1.25. The minimum absolute atomic E-state index is 0.0392. The number of hydrogen-bond acceptors (Lipinski definition) is 4. The summed E-state index contributed by atoms with van der Waals surface area (Å²) < 4.78 is 22.7. The average Bonchev–Trinajstić information content (AvgIpc) is 2.39. The normalized spacial score (nSPS) is 9.00. The highest BCUT2D eigenvalue weighted by Gasteiger charge is 2.08. The van der Waals surface area contributed by atoms with Crippen LogP contribution >= 0.6 is 0 Å². The van der Waals surface area contributed by atoms with E-state index in [2.05, 4.69) is 17.9 Å². The minimum atomic E-state index is -0.604. The highest BCUT2D eigenvalue weighted by Crippen LogP contribution is 2.18. The highest BCUT2D eigenvalue weighted by atomic mass is 19.1. The maximum atomic E-state index is 13.5. The van der Waals surface area contributed by atoms with Crippen LogP contribution in [0.25, 0.3) is 0 Å². The van der Waals surface area contributed by atoms with Crippen LogP contribution in [0.2, 0.25) is 0 Å². The topological polar surface area (TPSA) is 52.6 Å². The van der Waals surface area contributed by atoms with E-state index < -0.39 is 11.8 Å². The number of rotatable bonds is 5. The molecular formula is C14H17FO4. The molecule has 5 heteroatoms. The van der Waals surface area contributed by atoms with E-state index in [0.717, 1.165) is 0 Å². The molecule has 1 aromatic carbocycles. The molecule has 0 saturated heterocycles. The van der Waals surface area contributed by atoms with E-state index in [0.29, 0.717) is 5.56 Å². The maximum Gasteiger partial charge on any atom is 0.343 e. The third-order valence-corrected chi connectivity index (χ3v) is 2.02. The van der Waals surface area contributed by atoms with Gasteiger partial charge in [-0.05, 0) is 24.6 Å². The Hall–Kier alpha value is -2.17. The van der Waals surface area contributed by atoms with Crippen molar-refractivity contribution in [3.8, 4) is 5.75 Å². The predicted molar refractivity (Wildman–Crippen MR) is 69.6 cm³/mol. The molecule has 4 nitrogen and oxygen atoms in total. The van der Waals surface area contributed by atoms with E-state index in [4.69, 9.17) is 4.74 Å². The Kier molecular flexibility index (Phi) is 7.84. The van der Waals surface area contributed by atoms with Gasteiger partial charge in [0.2, 0.25) is 0 Å². The van der Waals surface area contributed by atoms with Crippen LogP contribution < -0.4 is 4.74 Å². The summed E-state index contributed by atoms with van der Waals surface area (Å²) in [5.74, 6) is -1.28. The summed E-state index contributed by atoms with van der Waals surface area (Å²) in [6.45, 7) is 7.08. The Bertz CT molecular complexity index is 443. The second-order valence-corrected chi connectivity index (χ2v) is 3.51. The van der Waals surface area contributed by atoms with Crippen molar-refractivity contribution in [1.29, 1.82) is 0 Å². The number of halogens is 1. The fourth-order valence-electron chi connectivity index (χ4n) is 1.25. The van der Waals surface area contributed by atoms with Gasteiger partial charge in [-0.15, -0.1) is 13.2 Å². The molecule has 0 aliphatic rings. The molecule has 0 heterocycles. The summed E-state index contributed by atoms with van der Waals surface area (Å²) in [5.41, 5.74) is 0.570. The Morgan fingerprint density at radius 2 is 1.95 bits per heavy atom. The molecule has 0 aliphatic heterocycles. The van der Waals surface area contributed by atoms with Gasteiger partial charge in [0.1, 0.15) is 5.78 Å². The van der Waals surface area contributed by atoms with Crippen molar-refractivity contribution in [2.45, 2.75) is 13.3 Å². The molecule has 0 atom stereocenters. The summed E-state index contributed by atoms with van der Waals surface area (Å²) >= 11 is 0. The van der Waals surface area contributed by atoms with Crippen LogP contribution in [0.5, 0.6) is 5.75 Å². The van der Waals surface area contributed by atoms with Gasteiger partial charge < -0.3 is 9.47 Å². The second kappa shape index (κ2) is 8.85. The van der Waals surface area contributed by atoms with Crippen molar-refractivity contribution in [3.05, 3.63) is 42.7 Å². The van der Waals surface area contributed by atoms with Crippen LogP contribution in [0.4, 0.5) is 4.39 Å². The molecule has 1 rings (SSSR count). The quantitative estimate of drug-likeness (QED) is 0.607. The first kappa shape index (κ1) is 16.8. The monoisotopic (exact) mass is 268 g/mol. The molecule has 19 heavy (non-hydrogen) atoms. The SMILES string of the molecule is C=C.COC(=O)COc1ccc(CC(C)=O)cc1F. The van der Waals surface area contributed by atoms with Gasteiger partial charge in [0.15, 0.2) is 18.2 Å². The summed E-state index contributed by atoms with van der Waals surface area (Å²) in [6, 6.07) is 4.18. The van der Waals surface area contributed by atoms with Gasteiger partial charge in [-0.2, -0.15) is 0 Å². The van der Waals surface area contributed by atoms with Crippen LogP contribution in [0.15, 0.2) is 31.4 Å². The predicted octanol–water partition coefficient (Wildman–Crippen LogP) is 2.31. The van der Waals surface area contributed by atoms with Crippen LogP contribution in [0, 0.1) is 5.82 Å². The molecular weight excluding hydrogens is 251 g/mol. The molecule has 0 amide bonds. The molecule has 0 spiro atoms. The van der Waals surface area contributed by atoms with Crippen molar-refractivity contribution in [2.75, 3.05) is 13.7 Å². The molecule has 1 aromatic rings. The van der Waals surface area contributed by atoms with Crippen LogP contribution in [0.3, 0.4) is 0 Å². The molecule has 0 bridgehead atoms. The summed E-state index contributed by atoms with van der Waals surface area (Å²) in [6.07, 6.45) is 0.175. The van der Waals surface area contributed by atoms with E-state index in [-0.39, 0.29) is 24.6 Å². The van der Waals surface area contributed by atoms with Crippen LogP contribution in [-0.2, 0) is 20.7 Å². The van der Waals surface area contributed by atoms with E-state index in [1.54, 1.807) is 6.07 Å². The molecule has 0 N–H and O–H groups in total. The first-order chi connectivity index (χ1) is 9.02. The van der Waals surface area contributed by atoms with E-state index in [1.807, 2.05) is 0 Å². The van der Waals surface area contributed by atoms with Gasteiger partial charge >= 0.3 is 5.97 Å². The number of methoxy groups -OCH3 is 1. The fraction of sp³-hybridized carbons (Fsp3) is 0.286. The summed E-state index contributed by atoms with van der Waals surface area (Å²) in [4.78, 5) is 21.6. The van der Waals surface area contributed by atoms with E-state index in [1.165, 1.54) is 26.2 Å². The number of carbonyl (C=O) groups is 2. The molecule has 0 aliphatic carbocycles. The third-order valence-electron chi connectivity index (χ3n) is 2.02. The van der Waals surface area contributed by atoms with Crippen LogP contribution in [-0.4, -0.2) is 25.5 Å². The lowest BCUT2D eigenvalue weighted by Crippen LogP contribution is -2.13. The molecule has 0 fully saturated rings. The van der Waals surface area contributed by atoms with E-state index in [9.17, 15) is 14.0 Å². The third kappa shape index (κ3) is 6.35. The number of hydrogen-bond donors (Lipinski definition) is 0. The Morgan fingerprint density at radius 1 is 1.32 bits per heavy atom. The number of Topliss-reactive ketones (excluding diaryl/α,β-unsaturated/α-hetero) is 1. The number of benzene rings is 1. The number of ketones is 1. The maximum absolute atomic E-state index is 13.5. The molecule has 0 unspecified atom stereocenters. The standard InChI is InChI=1S/C12H13FO4.C2H4/c1-8(14)5-9-3-4-11(10(13)6-9)17-7-12(15)16-2;1-2/h3-4,6H,5,7H2,1-2H3;1-2H2. The minimum Gasteiger partial charge on any atom is -0.479 e. The highest BCUT2D eigenvalue weighted by molar-refractivity contribution is 5.78. The van der Waals surface area contributed by atoms with Gasteiger partial charge in [0.05, 0.1) is 7.11 Å². The van der Waals surface area contributed by atoms with Gasteiger partial charge in [-0.1, -0.05) is 6.07 Å². The average molecular weight is 268 g/mol. The lowest BCUT2D eigenvalue weighted by atomic mass is 10.1. The largest absolute Gasteiger partial charge is 0.479 e. The second-order valence-electron chi connectivity index (χ2n) is 3.51. The first-order valence-corrected chi connectivity index (χ1v) is 5.50. The van der Waals surface area contributed by atoms with Gasteiger partial charge in [-0.25, -0.2) is 9.18 Å². The molecule has 0 aromatic heterocycles. The zero-order valence-electron chi connectivity index (χ0n) is 11.1. The number of ether oxygens (including phenoxy) is 2. The lowest BCUT2D eigenvalue weighted by molar-refractivity contribution is -0.143. The Balaban J connectivity index is 0.00000154. The van der Waals surface area contributed by atoms with Gasteiger partial charge in [0, 0.05) is 6.42 Å². The van der Waals surface area contributed by atoms with E-state index >= 15 is 0 Å². The van der Waals surface area contributed by atoms with Crippen molar-refractivity contribution >= 4 is 11.8 Å².